The Kier molecular flexibility index (Phi) is 5.68. The summed E-state index contributed by atoms with van der Waals surface area (Å²) in [6.07, 6.45) is 0. The first-order valence-electron chi connectivity index (χ1n) is 9.57. The van der Waals surface area contributed by atoms with Crippen LogP contribution in [0.2, 0.25) is 0 Å². The van der Waals surface area contributed by atoms with Crippen LogP contribution in [0.5, 0.6) is 5.75 Å². The number of benzene rings is 2. The molecule has 0 atom stereocenters. The zero-order valence-corrected chi connectivity index (χ0v) is 17.9. The van der Waals surface area contributed by atoms with Crippen LogP contribution >= 0.6 is 11.3 Å². The fourth-order valence-electron chi connectivity index (χ4n) is 3.24. The predicted molar refractivity (Wildman–Crippen MR) is 122 cm³/mol. The molecule has 0 radical (unpaired) electrons. The van der Waals surface area contributed by atoms with Gasteiger partial charge in [0.15, 0.2) is 12.4 Å². The quantitative estimate of drug-likeness (QED) is 0.344. The van der Waals surface area contributed by atoms with Crippen molar-refractivity contribution in [3.05, 3.63) is 76.7 Å². The molecule has 2 heterocycles. The Hall–Kier alpha value is -3.71. The van der Waals surface area contributed by atoms with Crippen LogP contribution in [0.4, 0.5) is 5.69 Å². The van der Waals surface area contributed by atoms with Gasteiger partial charge in [-0.15, -0.1) is 11.3 Å². The highest BCUT2D eigenvalue weighted by Gasteiger charge is 2.21. The van der Waals surface area contributed by atoms with Crippen molar-refractivity contribution < 1.29 is 19.1 Å². The number of esters is 1. The fourth-order valence-corrected chi connectivity index (χ4v) is 4.21. The molecule has 0 amide bonds. The molecule has 0 unspecified atom stereocenters. The van der Waals surface area contributed by atoms with Crippen molar-refractivity contribution in [3.8, 4) is 17.0 Å². The van der Waals surface area contributed by atoms with Crippen molar-refractivity contribution in [1.29, 1.82) is 0 Å². The van der Waals surface area contributed by atoms with Crippen LogP contribution in [-0.4, -0.2) is 30.5 Å². The van der Waals surface area contributed by atoms with E-state index in [0.29, 0.717) is 27.2 Å². The standard InChI is InChI=1S/C24H20N2O4S/c1-14-12-18-20(25)22(31-23(18)26-21(14)16-6-4-3-5-7-16)24(28)30-13-19(27)15-8-10-17(29-2)11-9-15/h3-12H,13,25H2,1-2H3. The van der Waals surface area contributed by atoms with Gasteiger partial charge >= 0.3 is 5.97 Å². The van der Waals surface area contributed by atoms with Crippen molar-refractivity contribution in [2.75, 3.05) is 19.5 Å². The molecule has 2 N–H and O–H groups in total. The smallest absolute Gasteiger partial charge is 0.350 e. The third-order valence-corrected chi connectivity index (χ3v) is 5.99. The Balaban J connectivity index is 1.55. The lowest BCUT2D eigenvalue weighted by atomic mass is 10.1. The molecule has 4 rings (SSSR count). The summed E-state index contributed by atoms with van der Waals surface area (Å²) in [5, 5.41) is 0.704. The molecule has 0 aliphatic heterocycles. The Morgan fingerprint density at radius 2 is 1.77 bits per heavy atom. The highest BCUT2D eigenvalue weighted by atomic mass is 32.1. The largest absolute Gasteiger partial charge is 0.497 e. The zero-order chi connectivity index (χ0) is 22.0. The number of ether oxygens (including phenoxy) is 2. The monoisotopic (exact) mass is 432 g/mol. The van der Waals surface area contributed by atoms with E-state index in [4.69, 9.17) is 20.2 Å². The summed E-state index contributed by atoms with van der Waals surface area (Å²) in [5.41, 5.74) is 9.75. The van der Waals surface area contributed by atoms with Gasteiger partial charge in [-0.3, -0.25) is 4.79 Å². The number of hydrogen-bond acceptors (Lipinski definition) is 7. The molecule has 7 heteroatoms. The Morgan fingerprint density at radius 3 is 2.45 bits per heavy atom. The van der Waals surface area contributed by atoms with Crippen LogP contribution in [0.25, 0.3) is 21.5 Å². The van der Waals surface area contributed by atoms with E-state index in [1.165, 1.54) is 0 Å². The molecule has 2 aromatic carbocycles. The van der Waals surface area contributed by atoms with Gasteiger partial charge in [0, 0.05) is 16.5 Å². The number of hydrogen-bond donors (Lipinski definition) is 1. The van der Waals surface area contributed by atoms with Gasteiger partial charge in [0.25, 0.3) is 0 Å². The number of carbonyl (C=O) groups is 2. The molecule has 0 fully saturated rings. The van der Waals surface area contributed by atoms with Gasteiger partial charge < -0.3 is 15.2 Å². The number of ketones is 1. The number of anilines is 1. The van der Waals surface area contributed by atoms with Crippen molar-refractivity contribution in [1.82, 2.24) is 4.98 Å². The molecule has 0 bridgehead atoms. The Morgan fingerprint density at radius 1 is 1.06 bits per heavy atom. The van der Waals surface area contributed by atoms with Gasteiger partial charge in [0.05, 0.1) is 18.5 Å². The summed E-state index contributed by atoms with van der Waals surface area (Å²) in [6.45, 7) is 1.58. The van der Waals surface area contributed by atoms with Gasteiger partial charge in [0.2, 0.25) is 0 Å². The SMILES string of the molecule is COc1ccc(C(=O)COC(=O)c2sc3nc(-c4ccccc4)c(C)cc3c2N)cc1. The molecule has 0 saturated carbocycles. The summed E-state index contributed by atoms with van der Waals surface area (Å²) in [7, 11) is 1.55. The molecular weight excluding hydrogens is 412 g/mol. The van der Waals surface area contributed by atoms with E-state index in [1.54, 1.807) is 31.4 Å². The number of thiophene rings is 1. The normalized spacial score (nSPS) is 10.8. The number of carbonyl (C=O) groups excluding carboxylic acids is 2. The van der Waals surface area contributed by atoms with Gasteiger partial charge in [-0.1, -0.05) is 30.3 Å². The number of pyridine rings is 1. The van der Waals surface area contributed by atoms with Crippen molar-refractivity contribution in [2.24, 2.45) is 0 Å². The second-order valence-electron chi connectivity index (χ2n) is 6.95. The first-order chi connectivity index (χ1) is 15.0. The minimum absolute atomic E-state index is 0.245. The van der Waals surface area contributed by atoms with E-state index in [2.05, 4.69) is 0 Å². The summed E-state index contributed by atoms with van der Waals surface area (Å²) >= 11 is 1.16. The van der Waals surface area contributed by atoms with Crippen LogP contribution in [0, 0.1) is 6.92 Å². The highest BCUT2D eigenvalue weighted by Crippen LogP contribution is 2.36. The average molecular weight is 433 g/mol. The van der Waals surface area contributed by atoms with Gasteiger partial charge in [0.1, 0.15) is 15.5 Å². The number of fused-ring (bicyclic) bond motifs is 1. The van der Waals surface area contributed by atoms with Gasteiger partial charge in [-0.2, -0.15) is 0 Å². The summed E-state index contributed by atoms with van der Waals surface area (Å²) in [5.74, 6) is -0.304. The van der Waals surface area contributed by atoms with Gasteiger partial charge in [-0.05, 0) is 42.8 Å². The Labute approximate surface area is 183 Å². The third-order valence-electron chi connectivity index (χ3n) is 4.89. The number of nitrogens with two attached hydrogens (primary N) is 1. The van der Waals surface area contributed by atoms with E-state index >= 15 is 0 Å². The van der Waals surface area contributed by atoms with E-state index in [0.717, 1.165) is 28.2 Å². The number of Topliss-reactive ketones (excluding diaryl/α,β-unsaturated/α-hetero) is 1. The van der Waals surface area contributed by atoms with Crippen LogP contribution in [-0.2, 0) is 4.74 Å². The molecule has 156 valence electrons. The molecule has 4 aromatic rings. The number of nitrogens with zero attached hydrogens (tertiary/aromatic N) is 1. The fraction of sp³-hybridized carbons (Fsp3) is 0.125. The van der Waals surface area contributed by atoms with Crippen LogP contribution < -0.4 is 10.5 Å². The summed E-state index contributed by atoms with van der Waals surface area (Å²) in [6, 6.07) is 18.3. The minimum atomic E-state index is -0.638. The maximum atomic E-state index is 12.6. The molecular formula is C24H20N2O4S. The van der Waals surface area contributed by atoms with Crippen molar-refractivity contribution in [3.63, 3.8) is 0 Å². The van der Waals surface area contributed by atoms with E-state index in [-0.39, 0.29) is 17.3 Å². The van der Waals surface area contributed by atoms with Crippen LogP contribution in [0.3, 0.4) is 0 Å². The number of aromatic nitrogens is 1. The second kappa shape index (κ2) is 8.57. The maximum absolute atomic E-state index is 12.6. The molecule has 0 spiro atoms. The zero-order valence-electron chi connectivity index (χ0n) is 17.0. The van der Waals surface area contributed by atoms with E-state index in [9.17, 15) is 9.59 Å². The second-order valence-corrected chi connectivity index (χ2v) is 7.94. The molecule has 31 heavy (non-hydrogen) atoms. The van der Waals surface area contributed by atoms with Gasteiger partial charge in [-0.25, -0.2) is 9.78 Å². The summed E-state index contributed by atoms with van der Waals surface area (Å²) < 4.78 is 10.3. The number of nitrogen functional groups attached to an aromatic ring is 1. The molecule has 2 aromatic heterocycles. The van der Waals surface area contributed by atoms with Crippen molar-refractivity contribution in [2.45, 2.75) is 6.92 Å². The average Bonchev–Trinajstić information content (AvgIpc) is 3.12. The molecule has 0 aliphatic rings. The first kappa shape index (κ1) is 20.6. The molecule has 0 saturated heterocycles. The van der Waals surface area contributed by atoms with Crippen LogP contribution in [0.1, 0.15) is 25.6 Å². The lowest BCUT2D eigenvalue weighted by Gasteiger charge is -2.05. The highest BCUT2D eigenvalue weighted by molar-refractivity contribution is 7.21. The summed E-state index contributed by atoms with van der Waals surface area (Å²) in [4.78, 5) is 30.6. The topological polar surface area (TPSA) is 91.5 Å². The number of methoxy groups -OCH3 is 1. The van der Waals surface area contributed by atoms with E-state index in [1.807, 2.05) is 43.3 Å². The van der Waals surface area contributed by atoms with Crippen LogP contribution in [0.15, 0.2) is 60.7 Å². The minimum Gasteiger partial charge on any atom is -0.497 e. The lowest BCUT2D eigenvalue weighted by molar-refractivity contribution is 0.0480. The Bertz CT molecular complexity index is 1260. The van der Waals surface area contributed by atoms with E-state index < -0.39 is 5.97 Å². The predicted octanol–water partition coefficient (Wildman–Crippen LogP) is 4.90. The lowest BCUT2D eigenvalue weighted by Crippen LogP contribution is -2.14. The van der Waals surface area contributed by atoms with Crippen molar-refractivity contribution >= 4 is 39.0 Å². The number of aryl methyl sites for hydroxylation is 1. The first-order valence-corrected chi connectivity index (χ1v) is 10.4. The maximum Gasteiger partial charge on any atom is 0.350 e. The molecule has 0 aliphatic carbocycles. The third kappa shape index (κ3) is 4.13. The number of rotatable bonds is 6. The molecule has 6 nitrogen and oxygen atoms in total.